The average molecular weight is 481 g/mol. The van der Waals surface area contributed by atoms with Gasteiger partial charge in [0.25, 0.3) is 0 Å². The summed E-state index contributed by atoms with van der Waals surface area (Å²) in [4.78, 5) is 52.4. The summed E-state index contributed by atoms with van der Waals surface area (Å²) < 4.78 is 0. The Balaban J connectivity index is 2.19. The van der Waals surface area contributed by atoms with E-state index in [4.69, 9.17) is 0 Å². The minimum atomic E-state index is -0.000720. The van der Waals surface area contributed by atoms with Crippen LogP contribution in [0.15, 0.2) is 0 Å². The first-order chi connectivity index (χ1) is 16.0. The van der Waals surface area contributed by atoms with Gasteiger partial charge in [-0.05, 0) is 36.5 Å². The minimum Gasteiger partial charge on any atom is -0.354 e. The Hall–Kier alpha value is -2.12. The van der Waals surface area contributed by atoms with Crippen LogP contribution >= 0.6 is 0 Å². The second-order valence-corrected chi connectivity index (χ2v) is 10.9. The van der Waals surface area contributed by atoms with Gasteiger partial charge in [0.05, 0.1) is 0 Å². The number of nitrogens with one attached hydrogen (secondary N) is 2. The lowest BCUT2D eigenvalue weighted by molar-refractivity contribution is -0.140. The van der Waals surface area contributed by atoms with Crippen molar-refractivity contribution in [1.82, 2.24) is 20.4 Å². The van der Waals surface area contributed by atoms with Gasteiger partial charge in [0.2, 0.25) is 23.6 Å². The van der Waals surface area contributed by atoms with E-state index in [9.17, 15) is 19.2 Å². The number of carbonyl (C=O) groups excluding carboxylic acids is 4. The van der Waals surface area contributed by atoms with Gasteiger partial charge in [0.1, 0.15) is 0 Å². The van der Waals surface area contributed by atoms with Gasteiger partial charge in [-0.15, -0.1) is 0 Å². The van der Waals surface area contributed by atoms with Gasteiger partial charge in [0, 0.05) is 65.0 Å². The molecule has 0 spiro atoms. The molecule has 0 aliphatic carbocycles. The highest BCUT2D eigenvalue weighted by atomic mass is 16.2. The summed E-state index contributed by atoms with van der Waals surface area (Å²) in [6, 6.07) is 0. The number of nitrogens with zero attached hydrogens (tertiary/aromatic N) is 2. The van der Waals surface area contributed by atoms with Crippen LogP contribution < -0.4 is 10.6 Å². The van der Waals surface area contributed by atoms with Gasteiger partial charge in [-0.2, -0.15) is 0 Å². The summed E-state index contributed by atoms with van der Waals surface area (Å²) in [6.07, 6.45) is 3.82. The summed E-state index contributed by atoms with van der Waals surface area (Å²) in [5, 5.41) is 5.68. The van der Waals surface area contributed by atoms with Crippen molar-refractivity contribution in [1.29, 1.82) is 0 Å². The van der Waals surface area contributed by atoms with E-state index in [0.29, 0.717) is 76.8 Å². The molecule has 4 amide bonds. The molecule has 2 atom stereocenters. The van der Waals surface area contributed by atoms with Crippen LogP contribution in [-0.4, -0.2) is 72.7 Å². The zero-order chi connectivity index (χ0) is 25.7. The van der Waals surface area contributed by atoms with Crippen molar-refractivity contribution in [3.05, 3.63) is 0 Å². The van der Waals surface area contributed by atoms with E-state index in [0.717, 1.165) is 12.8 Å². The Kier molecular flexibility index (Phi) is 13.8. The zero-order valence-electron chi connectivity index (χ0n) is 22.3. The molecule has 0 bridgehead atoms. The zero-order valence-corrected chi connectivity index (χ0v) is 22.3. The monoisotopic (exact) mass is 480 g/mol. The van der Waals surface area contributed by atoms with Gasteiger partial charge in [-0.25, -0.2) is 0 Å². The third kappa shape index (κ3) is 12.9. The molecule has 0 radical (unpaired) electrons. The lowest BCUT2D eigenvalue weighted by Gasteiger charge is -2.35. The molecule has 0 aromatic heterocycles. The van der Waals surface area contributed by atoms with Crippen LogP contribution in [-0.2, 0) is 19.2 Å². The standard InChI is InChI=1S/C26H48N4O4/c1-19(2)15-23(31)27-9-10-28-24(32)17-21(5)7-8-22(6)18-26(34)30-13-11-29(12-14-30)25(33)16-20(3)4/h19-22H,7-18H2,1-6H3,(H,27,31)(H,28,32). The van der Waals surface area contributed by atoms with Crippen LogP contribution in [0.1, 0.15) is 80.1 Å². The average Bonchev–Trinajstić information content (AvgIpc) is 2.74. The fraction of sp³-hybridized carbons (Fsp3) is 0.846. The molecule has 8 nitrogen and oxygen atoms in total. The Bertz CT molecular complexity index is 657. The number of hydrogen-bond donors (Lipinski definition) is 2. The summed E-state index contributed by atoms with van der Waals surface area (Å²) in [5.74, 6) is 1.53. The van der Waals surface area contributed by atoms with E-state index in [2.05, 4.69) is 24.5 Å². The fourth-order valence-electron chi connectivity index (χ4n) is 4.12. The van der Waals surface area contributed by atoms with Crippen molar-refractivity contribution in [2.24, 2.45) is 23.7 Å². The molecule has 1 fully saturated rings. The lowest BCUT2D eigenvalue weighted by Crippen LogP contribution is -2.51. The maximum atomic E-state index is 12.7. The first-order valence-corrected chi connectivity index (χ1v) is 13.1. The fourth-order valence-corrected chi connectivity index (χ4v) is 4.12. The topological polar surface area (TPSA) is 98.8 Å². The number of hydrogen-bond acceptors (Lipinski definition) is 4. The lowest BCUT2D eigenvalue weighted by atomic mass is 9.93. The van der Waals surface area contributed by atoms with Crippen molar-refractivity contribution in [2.45, 2.75) is 80.1 Å². The summed E-state index contributed by atoms with van der Waals surface area (Å²) in [6.45, 7) is 15.6. The minimum absolute atomic E-state index is 0.000720. The van der Waals surface area contributed by atoms with Crippen molar-refractivity contribution >= 4 is 23.6 Å². The van der Waals surface area contributed by atoms with Crippen molar-refractivity contribution < 1.29 is 19.2 Å². The maximum Gasteiger partial charge on any atom is 0.222 e. The third-order valence-corrected chi connectivity index (χ3v) is 6.14. The third-order valence-electron chi connectivity index (χ3n) is 6.14. The molecule has 2 N–H and O–H groups in total. The maximum absolute atomic E-state index is 12.7. The number of carbonyl (C=O) groups is 4. The highest BCUT2D eigenvalue weighted by molar-refractivity contribution is 5.79. The molecule has 1 aliphatic rings. The van der Waals surface area contributed by atoms with E-state index in [-0.39, 0.29) is 35.5 Å². The van der Waals surface area contributed by atoms with Gasteiger partial charge < -0.3 is 20.4 Å². The van der Waals surface area contributed by atoms with Gasteiger partial charge >= 0.3 is 0 Å². The molecular weight excluding hydrogens is 432 g/mol. The van der Waals surface area contributed by atoms with Crippen molar-refractivity contribution in [3.63, 3.8) is 0 Å². The van der Waals surface area contributed by atoms with Crippen molar-refractivity contribution in [3.8, 4) is 0 Å². The second-order valence-electron chi connectivity index (χ2n) is 10.9. The van der Waals surface area contributed by atoms with E-state index in [1.807, 2.05) is 37.5 Å². The largest absolute Gasteiger partial charge is 0.354 e. The second kappa shape index (κ2) is 15.7. The highest BCUT2D eigenvalue weighted by Gasteiger charge is 2.25. The molecule has 34 heavy (non-hydrogen) atoms. The van der Waals surface area contributed by atoms with Crippen LogP contribution in [0.3, 0.4) is 0 Å². The highest BCUT2D eigenvalue weighted by Crippen LogP contribution is 2.19. The number of amides is 4. The Labute approximate surface area is 206 Å². The number of rotatable bonds is 14. The van der Waals surface area contributed by atoms with Crippen molar-refractivity contribution in [2.75, 3.05) is 39.3 Å². The van der Waals surface area contributed by atoms with E-state index < -0.39 is 0 Å². The molecule has 0 saturated carbocycles. The molecule has 1 heterocycles. The van der Waals surface area contributed by atoms with E-state index in [1.165, 1.54) is 0 Å². The smallest absolute Gasteiger partial charge is 0.222 e. The Morgan fingerprint density at radius 3 is 1.41 bits per heavy atom. The number of piperazine rings is 1. The van der Waals surface area contributed by atoms with Gasteiger partial charge in [0.15, 0.2) is 0 Å². The molecule has 0 aromatic carbocycles. The predicted octanol–water partition coefficient (Wildman–Crippen LogP) is 2.81. The summed E-state index contributed by atoms with van der Waals surface area (Å²) >= 11 is 0. The molecule has 2 unspecified atom stereocenters. The molecular formula is C26H48N4O4. The Morgan fingerprint density at radius 2 is 0.971 bits per heavy atom. The molecule has 196 valence electrons. The summed E-state index contributed by atoms with van der Waals surface area (Å²) in [5.41, 5.74) is 0. The van der Waals surface area contributed by atoms with Crippen LogP contribution in [0, 0.1) is 23.7 Å². The SMILES string of the molecule is CC(C)CC(=O)NCCNC(=O)CC(C)CCC(C)CC(=O)N1CCN(C(=O)CC(C)C)CC1. The van der Waals surface area contributed by atoms with E-state index >= 15 is 0 Å². The predicted molar refractivity (Wildman–Crippen MR) is 135 cm³/mol. The molecule has 0 aromatic rings. The van der Waals surface area contributed by atoms with Crippen LogP contribution in [0.25, 0.3) is 0 Å². The van der Waals surface area contributed by atoms with Gasteiger partial charge in [-0.1, -0.05) is 41.5 Å². The van der Waals surface area contributed by atoms with Crippen LogP contribution in [0.4, 0.5) is 0 Å². The van der Waals surface area contributed by atoms with E-state index in [1.54, 1.807) is 0 Å². The van der Waals surface area contributed by atoms with Crippen LogP contribution in [0.5, 0.6) is 0 Å². The molecule has 1 rings (SSSR count). The molecule has 8 heteroatoms. The summed E-state index contributed by atoms with van der Waals surface area (Å²) in [7, 11) is 0. The van der Waals surface area contributed by atoms with Crippen LogP contribution in [0.2, 0.25) is 0 Å². The first kappa shape index (κ1) is 29.9. The first-order valence-electron chi connectivity index (χ1n) is 13.1. The molecule has 1 saturated heterocycles. The van der Waals surface area contributed by atoms with Gasteiger partial charge in [-0.3, -0.25) is 19.2 Å². The molecule has 1 aliphatic heterocycles. The quantitative estimate of drug-likeness (QED) is 0.374. The Morgan fingerprint density at radius 1 is 0.588 bits per heavy atom. The normalized spacial score (nSPS) is 15.9.